The molecular weight excluding hydrogens is 404 g/mol. The molecule has 0 N–H and O–H groups in total. The van der Waals surface area contributed by atoms with Crippen LogP contribution in [0.4, 0.5) is 0 Å². The highest BCUT2D eigenvalue weighted by Crippen LogP contribution is 2.34. The molecule has 0 aliphatic carbocycles. The monoisotopic (exact) mass is 430 g/mol. The Bertz CT molecular complexity index is 1180. The number of pyridine rings is 1. The van der Waals surface area contributed by atoms with Gasteiger partial charge >= 0.3 is 0 Å². The Morgan fingerprint density at radius 1 is 1.13 bits per heavy atom. The first-order valence-electron chi connectivity index (χ1n) is 11.0. The number of hydrogen-bond acceptors (Lipinski definition) is 4. The zero-order valence-corrected chi connectivity index (χ0v) is 18.5. The number of thiophene rings is 1. The number of carbonyl (C=O) groups is 1. The van der Waals surface area contributed by atoms with E-state index in [9.17, 15) is 4.79 Å². The highest BCUT2D eigenvalue weighted by Gasteiger charge is 2.31. The van der Waals surface area contributed by atoms with Crippen molar-refractivity contribution >= 4 is 28.3 Å². The van der Waals surface area contributed by atoms with E-state index >= 15 is 0 Å². The maximum absolute atomic E-state index is 13.8. The van der Waals surface area contributed by atoms with Crippen molar-refractivity contribution in [2.75, 3.05) is 6.54 Å². The standard InChI is InChI=1S/C25H26N4OS/c1-2-19-11-6-7-15-28(19)25(30)23-22-20(21-12-8-16-31-21)13-14-26-24(22)29(27-23)17-18-9-4-3-5-10-18/h3-5,8-10,12-14,16,19H,2,6-7,11,15,17H2,1H3/t19-/m1/s1. The van der Waals surface area contributed by atoms with Gasteiger partial charge in [0.2, 0.25) is 0 Å². The third kappa shape index (κ3) is 3.76. The van der Waals surface area contributed by atoms with Crippen LogP contribution in [0.3, 0.4) is 0 Å². The summed E-state index contributed by atoms with van der Waals surface area (Å²) in [6, 6.07) is 16.6. The van der Waals surface area contributed by atoms with Crippen molar-refractivity contribution in [2.24, 2.45) is 0 Å². The molecule has 0 spiro atoms. The molecule has 0 saturated carbocycles. The molecule has 31 heavy (non-hydrogen) atoms. The van der Waals surface area contributed by atoms with Crippen LogP contribution in [-0.4, -0.2) is 38.2 Å². The van der Waals surface area contributed by atoms with E-state index in [1.165, 1.54) is 6.42 Å². The lowest BCUT2D eigenvalue weighted by Gasteiger charge is -2.34. The fourth-order valence-electron chi connectivity index (χ4n) is 4.58. The number of fused-ring (bicyclic) bond motifs is 1. The second-order valence-corrected chi connectivity index (χ2v) is 9.03. The van der Waals surface area contributed by atoms with E-state index in [0.717, 1.165) is 52.8 Å². The van der Waals surface area contributed by atoms with Crippen LogP contribution < -0.4 is 0 Å². The molecule has 1 aromatic carbocycles. The number of amides is 1. The summed E-state index contributed by atoms with van der Waals surface area (Å²) in [6.07, 6.45) is 6.12. The fourth-order valence-corrected chi connectivity index (χ4v) is 5.34. The van der Waals surface area contributed by atoms with Gasteiger partial charge in [0.05, 0.1) is 11.9 Å². The van der Waals surface area contributed by atoms with Gasteiger partial charge in [-0.1, -0.05) is 43.3 Å². The number of hydrogen-bond donors (Lipinski definition) is 0. The number of rotatable bonds is 5. The van der Waals surface area contributed by atoms with Gasteiger partial charge in [0, 0.05) is 29.2 Å². The van der Waals surface area contributed by atoms with Crippen LogP contribution in [0.25, 0.3) is 21.5 Å². The number of benzene rings is 1. The van der Waals surface area contributed by atoms with Crippen LogP contribution >= 0.6 is 11.3 Å². The second-order valence-electron chi connectivity index (χ2n) is 8.08. The summed E-state index contributed by atoms with van der Waals surface area (Å²) in [5.74, 6) is 0.0363. The maximum atomic E-state index is 13.8. The van der Waals surface area contributed by atoms with Crippen LogP contribution in [-0.2, 0) is 6.54 Å². The third-order valence-corrected chi connectivity index (χ3v) is 7.06. The molecule has 5 nitrogen and oxygen atoms in total. The first kappa shape index (κ1) is 19.9. The lowest BCUT2D eigenvalue weighted by atomic mass is 9.99. The average molecular weight is 431 g/mol. The van der Waals surface area contributed by atoms with Gasteiger partial charge in [-0.15, -0.1) is 11.3 Å². The highest BCUT2D eigenvalue weighted by molar-refractivity contribution is 7.13. The van der Waals surface area contributed by atoms with E-state index in [1.807, 2.05) is 46.1 Å². The van der Waals surface area contributed by atoms with Crippen molar-refractivity contribution < 1.29 is 4.79 Å². The largest absolute Gasteiger partial charge is 0.334 e. The van der Waals surface area contributed by atoms with Gasteiger partial charge in [0.15, 0.2) is 11.3 Å². The molecule has 158 valence electrons. The van der Waals surface area contributed by atoms with Crippen molar-refractivity contribution in [3.05, 3.63) is 71.4 Å². The van der Waals surface area contributed by atoms with Gasteiger partial charge < -0.3 is 4.90 Å². The summed E-state index contributed by atoms with van der Waals surface area (Å²) in [7, 11) is 0. The highest BCUT2D eigenvalue weighted by atomic mass is 32.1. The number of carbonyl (C=O) groups excluding carboxylic acids is 1. The molecule has 5 rings (SSSR count). The Balaban J connectivity index is 1.66. The smallest absolute Gasteiger partial charge is 0.275 e. The molecule has 6 heteroatoms. The minimum Gasteiger partial charge on any atom is -0.334 e. The zero-order chi connectivity index (χ0) is 21.2. The lowest BCUT2D eigenvalue weighted by Crippen LogP contribution is -2.43. The van der Waals surface area contributed by atoms with Crippen LogP contribution in [0.15, 0.2) is 60.1 Å². The second kappa shape index (κ2) is 8.63. The predicted molar refractivity (Wildman–Crippen MR) is 125 cm³/mol. The summed E-state index contributed by atoms with van der Waals surface area (Å²) in [5, 5.41) is 7.80. The molecule has 4 heterocycles. The summed E-state index contributed by atoms with van der Waals surface area (Å²) >= 11 is 1.68. The van der Waals surface area contributed by atoms with Gasteiger partial charge in [0.25, 0.3) is 5.91 Å². The topological polar surface area (TPSA) is 51.0 Å². The predicted octanol–water partition coefficient (Wildman–Crippen LogP) is 5.61. The van der Waals surface area contributed by atoms with Crippen LogP contribution in [0, 0.1) is 0 Å². The number of piperidine rings is 1. The summed E-state index contributed by atoms with van der Waals surface area (Å²) in [5.41, 5.74) is 3.47. The van der Waals surface area contributed by atoms with Gasteiger partial charge in [-0.3, -0.25) is 4.79 Å². The van der Waals surface area contributed by atoms with E-state index in [-0.39, 0.29) is 11.9 Å². The Kier molecular flexibility index (Phi) is 5.55. The SMILES string of the molecule is CC[C@@H]1CCCCN1C(=O)c1nn(Cc2ccccc2)c2nccc(-c3cccs3)c12. The molecule has 0 bridgehead atoms. The van der Waals surface area contributed by atoms with Gasteiger partial charge in [-0.2, -0.15) is 5.10 Å². The normalized spacial score (nSPS) is 16.7. The molecule has 1 aliphatic heterocycles. The molecule has 1 atom stereocenters. The first-order valence-corrected chi connectivity index (χ1v) is 11.9. The maximum Gasteiger partial charge on any atom is 0.275 e. The first-order chi connectivity index (χ1) is 15.3. The van der Waals surface area contributed by atoms with Crippen LogP contribution in [0.5, 0.6) is 0 Å². The zero-order valence-electron chi connectivity index (χ0n) is 17.7. The third-order valence-electron chi connectivity index (χ3n) is 6.16. The average Bonchev–Trinajstić information content (AvgIpc) is 3.48. The Morgan fingerprint density at radius 3 is 2.77 bits per heavy atom. The van der Waals surface area contributed by atoms with Crippen molar-refractivity contribution in [1.82, 2.24) is 19.7 Å². The van der Waals surface area contributed by atoms with Gasteiger partial charge in [0.1, 0.15) is 0 Å². The Hall–Kier alpha value is -2.99. The molecule has 0 unspecified atom stereocenters. The van der Waals surface area contributed by atoms with Crippen LogP contribution in [0.2, 0.25) is 0 Å². The van der Waals surface area contributed by atoms with E-state index in [0.29, 0.717) is 12.2 Å². The summed E-state index contributed by atoms with van der Waals surface area (Å²) in [6.45, 7) is 3.56. The molecule has 3 aromatic heterocycles. The number of nitrogens with zero attached hydrogens (tertiary/aromatic N) is 4. The molecule has 1 fully saturated rings. The number of aromatic nitrogens is 3. The minimum atomic E-state index is 0.0363. The molecular formula is C25H26N4OS. The minimum absolute atomic E-state index is 0.0363. The fraction of sp³-hybridized carbons (Fsp3) is 0.320. The molecule has 0 radical (unpaired) electrons. The molecule has 4 aromatic rings. The van der Waals surface area contributed by atoms with Crippen molar-refractivity contribution in [3.8, 4) is 10.4 Å². The van der Waals surface area contributed by atoms with Gasteiger partial charge in [-0.05, 0) is 48.8 Å². The lowest BCUT2D eigenvalue weighted by molar-refractivity contribution is 0.0603. The van der Waals surface area contributed by atoms with Crippen molar-refractivity contribution in [3.63, 3.8) is 0 Å². The Labute approximate surface area is 186 Å². The van der Waals surface area contributed by atoms with E-state index in [1.54, 1.807) is 11.3 Å². The van der Waals surface area contributed by atoms with E-state index in [4.69, 9.17) is 5.10 Å². The van der Waals surface area contributed by atoms with E-state index in [2.05, 4.69) is 35.5 Å². The number of likely N-dealkylation sites (tertiary alicyclic amines) is 1. The van der Waals surface area contributed by atoms with Crippen molar-refractivity contribution in [1.29, 1.82) is 0 Å². The summed E-state index contributed by atoms with van der Waals surface area (Å²) < 4.78 is 1.89. The summed E-state index contributed by atoms with van der Waals surface area (Å²) in [4.78, 5) is 21.6. The molecule has 1 amide bonds. The van der Waals surface area contributed by atoms with Crippen molar-refractivity contribution in [2.45, 2.75) is 45.2 Å². The van der Waals surface area contributed by atoms with Crippen LogP contribution in [0.1, 0.15) is 48.7 Å². The molecule has 1 saturated heterocycles. The van der Waals surface area contributed by atoms with Gasteiger partial charge in [-0.25, -0.2) is 9.67 Å². The molecule has 1 aliphatic rings. The van der Waals surface area contributed by atoms with E-state index < -0.39 is 0 Å². The Morgan fingerprint density at radius 2 is 2.00 bits per heavy atom. The quantitative estimate of drug-likeness (QED) is 0.413.